The number of aliphatic hydroxyl groups excluding tert-OH is 1. The van der Waals surface area contributed by atoms with Gasteiger partial charge in [0.15, 0.2) is 0 Å². The molecule has 1 N–H and O–H groups in total. The summed E-state index contributed by atoms with van der Waals surface area (Å²) in [6, 6.07) is 4.30. The predicted molar refractivity (Wildman–Crippen MR) is 82.1 cm³/mol. The van der Waals surface area contributed by atoms with E-state index in [1.165, 1.54) is 16.7 Å². The minimum absolute atomic E-state index is 0.00820. The normalized spacial score (nSPS) is 20.9. The molecule has 1 fully saturated rings. The SMILES string of the molecule is Cc1cc(C)c(C(O)CN2CCOCC2(C)C)c(C)c1. The molecule has 1 heterocycles. The van der Waals surface area contributed by atoms with Crippen LogP contribution in [-0.2, 0) is 4.74 Å². The Balaban J connectivity index is 2.18. The molecule has 0 radical (unpaired) electrons. The molecule has 0 aliphatic carbocycles. The summed E-state index contributed by atoms with van der Waals surface area (Å²) in [5.74, 6) is 0. The van der Waals surface area contributed by atoms with E-state index >= 15 is 0 Å². The summed E-state index contributed by atoms with van der Waals surface area (Å²) < 4.78 is 5.54. The van der Waals surface area contributed by atoms with Gasteiger partial charge in [0.1, 0.15) is 0 Å². The van der Waals surface area contributed by atoms with Crippen molar-refractivity contribution in [1.82, 2.24) is 4.90 Å². The van der Waals surface area contributed by atoms with Crippen LogP contribution in [-0.4, -0.2) is 41.8 Å². The van der Waals surface area contributed by atoms with E-state index in [2.05, 4.69) is 51.7 Å². The number of β-amino-alcohol motifs (C(OH)–C–C–N with tert-alkyl or cyclic N) is 1. The number of benzene rings is 1. The molecule has 1 aromatic rings. The third kappa shape index (κ3) is 3.22. The maximum atomic E-state index is 10.7. The molecule has 3 nitrogen and oxygen atoms in total. The third-order valence-corrected chi connectivity index (χ3v) is 4.28. The first-order valence-corrected chi connectivity index (χ1v) is 7.40. The van der Waals surface area contributed by atoms with Gasteiger partial charge in [0.25, 0.3) is 0 Å². The number of hydrogen-bond acceptors (Lipinski definition) is 3. The second kappa shape index (κ2) is 5.84. The van der Waals surface area contributed by atoms with Gasteiger partial charge in [-0.25, -0.2) is 0 Å². The Kier molecular flexibility index (Phi) is 4.52. The second-order valence-corrected chi connectivity index (χ2v) is 6.64. The van der Waals surface area contributed by atoms with Gasteiger partial charge in [0.2, 0.25) is 0 Å². The molecule has 1 saturated heterocycles. The molecule has 1 aliphatic rings. The van der Waals surface area contributed by atoms with Crippen LogP contribution in [0.2, 0.25) is 0 Å². The topological polar surface area (TPSA) is 32.7 Å². The molecule has 1 aliphatic heterocycles. The first-order chi connectivity index (χ1) is 9.31. The van der Waals surface area contributed by atoms with E-state index in [1.54, 1.807) is 0 Å². The Morgan fingerprint density at radius 2 is 1.85 bits per heavy atom. The summed E-state index contributed by atoms with van der Waals surface area (Å²) >= 11 is 0. The fraction of sp³-hybridized carbons (Fsp3) is 0.647. The standard InChI is InChI=1S/C17H27NO2/c1-12-8-13(2)16(14(3)9-12)15(19)10-18-6-7-20-11-17(18,4)5/h8-9,15,19H,6-7,10-11H2,1-5H3. The van der Waals surface area contributed by atoms with Crippen LogP contribution in [0, 0.1) is 20.8 Å². The molecule has 20 heavy (non-hydrogen) atoms. The van der Waals surface area contributed by atoms with Crippen LogP contribution in [0.25, 0.3) is 0 Å². The van der Waals surface area contributed by atoms with Crippen LogP contribution >= 0.6 is 0 Å². The molecule has 0 spiro atoms. The van der Waals surface area contributed by atoms with E-state index in [1.807, 2.05) is 0 Å². The molecule has 112 valence electrons. The largest absolute Gasteiger partial charge is 0.387 e. The number of rotatable bonds is 3. The highest BCUT2D eigenvalue weighted by atomic mass is 16.5. The number of ether oxygens (including phenoxy) is 1. The van der Waals surface area contributed by atoms with Crippen molar-refractivity contribution < 1.29 is 9.84 Å². The van der Waals surface area contributed by atoms with E-state index in [-0.39, 0.29) is 5.54 Å². The zero-order valence-electron chi connectivity index (χ0n) is 13.4. The monoisotopic (exact) mass is 277 g/mol. The zero-order valence-corrected chi connectivity index (χ0v) is 13.4. The molecule has 0 saturated carbocycles. The van der Waals surface area contributed by atoms with Gasteiger partial charge >= 0.3 is 0 Å². The number of aryl methyl sites for hydroxylation is 3. The van der Waals surface area contributed by atoms with Crippen molar-refractivity contribution in [3.8, 4) is 0 Å². The van der Waals surface area contributed by atoms with Crippen molar-refractivity contribution in [1.29, 1.82) is 0 Å². The lowest BCUT2D eigenvalue weighted by Crippen LogP contribution is -2.54. The lowest BCUT2D eigenvalue weighted by Gasteiger charge is -2.43. The second-order valence-electron chi connectivity index (χ2n) is 6.64. The summed E-state index contributed by atoms with van der Waals surface area (Å²) in [4.78, 5) is 2.33. The van der Waals surface area contributed by atoms with Crippen LogP contribution in [0.4, 0.5) is 0 Å². The maximum Gasteiger partial charge on any atom is 0.0922 e. The van der Waals surface area contributed by atoms with Crippen molar-refractivity contribution in [3.05, 3.63) is 34.4 Å². The van der Waals surface area contributed by atoms with E-state index in [9.17, 15) is 5.11 Å². The Morgan fingerprint density at radius 3 is 2.40 bits per heavy atom. The first kappa shape index (κ1) is 15.5. The predicted octanol–water partition coefficient (Wildman–Crippen LogP) is 2.76. The highest BCUT2D eigenvalue weighted by Gasteiger charge is 2.32. The molecule has 3 heteroatoms. The number of morpholine rings is 1. The minimum Gasteiger partial charge on any atom is -0.387 e. The van der Waals surface area contributed by atoms with E-state index < -0.39 is 6.10 Å². The molecular formula is C17H27NO2. The van der Waals surface area contributed by atoms with Gasteiger partial charge in [0.05, 0.1) is 19.3 Å². The molecule has 1 atom stereocenters. The lowest BCUT2D eigenvalue weighted by atomic mass is 9.94. The molecule has 0 bridgehead atoms. The number of aliphatic hydroxyl groups is 1. The van der Waals surface area contributed by atoms with Gasteiger partial charge in [-0.15, -0.1) is 0 Å². The van der Waals surface area contributed by atoms with Gasteiger partial charge in [-0.2, -0.15) is 0 Å². The summed E-state index contributed by atoms with van der Waals surface area (Å²) in [6.07, 6.45) is -0.437. The van der Waals surface area contributed by atoms with Gasteiger partial charge in [-0.1, -0.05) is 17.7 Å². The van der Waals surface area contributed by atoms with Crippen LogP contribution in [0.15, 0.2) is 12.1 Å². The van der Waals surface area contributed by atoms with Crippen molar-refractivity contribution in [2.24, 2.45) is 0 Å². The Morgan fingerprint density at radius 1 is 1.25 bits per heavy atom. The average molecular weight is 277 g/mol. The lowest BCUT2D eigenvalue weighted by molar-refractivity contribution is -0.0668. The summed E-state index contributed by atoms with van der Waals surface area (Å²) in [7, 11) is 0. The molecule has 0 aromatic heterocycles. The van der Waals surface area contributed by atoms with Gasteiger partial charge in [0, 0.05) is 18.6 Å². The first-order valence-electron chi connectivity index (χ1n) is 7.40. The van der Waals surface area contributed by atoms with Gasteiger partial charge in [-0.3, -0.25) is 4.90 Å². The van der Waals surface area contributed by atoms with Crippen LogP contribution in [0.3, 0.4) is 0 Å². The van der Waals surface area contributed by atoms with Gasteiger partial charge in [-0.05, 0) is 51.3 Å². The molecular weight excluding hydrogens is 250 g/mol. The highest BCUT2D eigenvalue weighted by Crippen LogP contribution is 2.27. The summed E-state index contributed by atoms with van der Waals surface area (Å²) in [5.41, 5.74) is 4.69. The van der Waals surface area contributed by atoms with E-state index in [0.717, 1.165) is 25.3 Å². The van der Waals surface area contributed by atoms with E-state index in [4.69, 9.17) is 4.74 Å². The number of hydrogen-bond donors (Lipinski definition) is 1. The summed E-state index contributed by atoms with van der Waals surface area (Å²) in [5, 5.41) is 10.7. The van der Waals surface area contributed by atoms with Crippen molar-refractivity contribution >= 4 is 0 Å². The van der Waals surface area contributed by atoms with Crippen molar-refractivity contribution in [3.63, 3.8) is 0 Å². The average Bonchev–Trinajstić information content (AvgIpc) is 2.30. The molecule has 1 aromatic carbocycles. The number of nitrogens with zero attached hydrogens (tertiary/aromatic N) is 1. The Labute approximate surface area is 122 Å². The quantitative estimate of drug-likeness (QED) is 0.922. The van der Waals surface area contributed by atoms with Crippen molar-refractivity contribution in [2.45, 2.75) is 46.3 Å². The Bertz CT molecular complexity index is 459. The van der Waals surface area contributed by atoms with Crippen LogP contribution in [0.1, 0.15) is 42.2 Å². The van der Waals surface area contributed by atoms with E-state index in [0.29, 0.717) is 6.54 Å². The zero-order chi connectivity index (χ0) is 14.9. The molecule has 2 rings (SSSR count). The highest BCUT2D eigenvalue weighted by molar-refractivity contribution is 5.39. The van der Waals surface area contributed by atoms with Crippen LogP contribution < -0.4 is 0 Å². The fourth-order valence-electron chi connectivity index (χ4n) is 3.25. The molecule has 0 amide bonds. The fourth-order valence-corrected chi connectivity index (χ4v) is 3.25. The molecule has 1 unspecified atom stereocenters. The maximum absolute atomic E-state index is 10.7. The minimum atomic E-state index is -0.437. The third-order valence-electron chi connectivity index (χ3n) is 4.28. The van der Waals surface area contributed by atoms with Crippen molar-refractivity contribution in [2.75, 3.05) is 26.3 Å². The Hall–Kier alpha value is -0.900. The van der Waals surface area contributed by atoms with Crippen LogP contribution in [0.5, 0.6) is 0 Å². The van der Waals surface area contributed by atoms with Gasteiger partial charge < -0.3 is 9.84 Å². The smallest absolute Gasteiger partial charge is 0.0922 e. The summed E-state index contributed by atoms with van der Waals surface area (Å²) in [6.45, 7) is 13.7.